The maximum Gasteiger partial charge on any atom is 0.0433 e. The van der Waals surface area contributed by atoms with Crippen molar-refractivity contribution in [2.24, 2.45) is 0 Å². The Morgan fingerprint density at radius 2 is 2.33 bits per heavy atom. The minimum atomic E-state index is -1.37. The summed E-state index contributed by atoms with van der Waals surface area (Å²) in [7, 11) is 0. The molecular formula is C8H15Br. The van der Waals surface area contributed by atoms with Crippen LogP contribution in [0.5, 0.6) is 0 Å². The quantitative estimate of drug-likeness (QED) is 0.356. The van der Waals surface area contributed by atoms with Gasteiger partial charge in [0.05, 0.1) is 0 Å². The van der Waals surface area contributed by atoms with Crippen LogP contribution in [-0.4, -0.2) is 5.28 Å². The predicted octanol–water partition coefficient (Wildman–Crippen LogP) is 3.52. The lowest BCUT2D eigenvalue weighted by molar-refractivity contribution is 0.716. The van der Waals surface area contributed by atoms with Crippen LogP contribution in [0.15, 0.2) is 12.2 Å². The second-order valence-corrected chi connectivity index (χ2v) is 2.55. The fourth-order valence-electron chi connectivity index (χ4n) is 0.636. The number of allylic oxidation sites excluding steroid dienone is 1. The van der Waals surface area contributed by atoms with Crippen molar-refractivity contribution in [3.63, 3.8) is 0 Å². The highest BCUT2D eigenvalue weighted by molar-refractivity contribution is 9.09. The maximum absolute atomic E-state index is 7.26. The van der Waals surface area contributed by atoms with Crippen LogP contribution in [0, 0.1) is 0 Å². The van der Waals surface area contributed by atoms with Gasteiger partial charge in [-0.15, -0.1) is 0 Å². The van der Waals surface area contributed by atoms with Gasteiger partial charge in [-0.25, -0.2) is 0 Å². The molecule has 0 amide bonds. The van der Waals surface area contributed by atoms with E-state index in [4.69, 9.17) is 2.74 Å². The largest absolute Gasteiger partial charge is 0.0990 e. The van der Waals surface area contributed by atoms with Crippen molar-refractivity contribution < 1.29 is 2.74 Å². The van der Waals surface area contributed by atoms with Gasteiger partial charge in [0, 0.05) is 8.02 Å². The minimum absolute atomic E-state index is 0.644. The van der Waals surface area contributed by atoms with Crippen LogP contribution in [0.2, 0.25) is 0 Å². The number of rotatable bonds is 5. The van der Waals surface area contributed by atoms with E-state index >= 15 is 0 Å². The molecule has 0 nitrogen and oxygen atoms in total. The molecule has 0 heterocycles. The van der Waals surface area contributed by atoms with Crippen LogP contribution in [0.25, 0.3) is 0 Å². The zero-order valence-corrected chi connectivity index (χ0v) is 7.50. The number of alkyl halides is 1. The third kappa shape index (κ3) is 6.10. The molecule has 54 valence electrons. The van der Waals surface area contributed by atoms with E-state index in [1.165, 1.54) is 6.42 Å². The summed E-state index contributed by atoms with van der Waals surface area (Å²) < 4.78 is 14.5. The van der Waals surface area contributed by atoms with Crippen molar-refractivity contribution in [1.82, 2.24) is 0 Å². The summed E-state index contributed by atoms with van der Waals surface area (Å²) in [5.41, 5.74) is 0.644. The lowest BCUT2D eigenvalue weighted by Gasteiger charge is -1.98. The summed E-state index contributed by atoms with van der Waals surface area (Å²) >= 11 is 2.93. The van der Waals surface area contributed by atoms with Crippen LogP contribution >= 0.6 is 15.9 Å². The zero-order valence-electron chi connectivity index (χ0n) is 7.91. The summed E-state index contributed by atoms with van der Waals surface area (Å²) in [5, 5.41) is -1.37. The van der Waals surface area contributed by atoms with Gasteiger partial charge in [0.2, 0.25) is 0 Å². The third-order valence-corrected chi connectivity index (χ3v) is 1.78. The molecule has 0 aromatic carbocycles. The van der Waals surface area contributed by atoms with E-state index in [1.54, 1.807) is 0 Å². The van der Waals surface area contributed by atoms with Crippen molar-refractivity contribution in [2.75, 3.05) is 5.28 Å². The van der Waals surface area contributed by atoms with Gasteiger partial charge in [0.25, 0.3) is 0 Å². The molecule has 0 aliphatic rings. The Morgan fingerprint density at radius 1 is 1.67 bits per heavy atom. The number of hydrogen-bond donors (Lipinski definition) is 0. The van der Waals surface area contributed by atoms with Gasteiger partial charge in [-0.1, -0.05) is 47.8 Å². The topological polar surface area (TPSA) is 0 Å². The van der Waals surface area contributed by atoms with Gasteiger partial charge in [-0.2, -0.15) is 0 Å². The molecule has 0 N–H and O–H groups in total. The first-order valence-electron chi connectivity index (χ1n) is 4.35. The molecule has 0 fully saturated rings. The Hall–Kier alpha value is 0.220. The number of unbranched alkanes of at least 4 members (excludes halogenated alkanes) is 2. The van der Waals surface area contributed by atoms with Crippen LogP contribution in [0.3, 0.4) is 0 Å². The smallest absolute Gasteiger partial charge is 0.0433 e. The van der Waals surface area contributed by atoms with E-state index in [9.17, 15) is 0 Å². The monoisotopic (exact) mass is 192 g/mol. The lowest BCUT2D eigenvalue weighted by atomic mass is 10.1. The first-order valence-corrected chi connectivity index (χ1v) is 4.15. The van der Waals surface area contributed by atoms with E-state index in [0.29, 0.717) is 5.57 Å². The fraction of sp³-hybridized carbons (Fsp3) is 0.750. The van der Waals surface area contributed by atoms with Gasteiger partial charge in [-0.05, 0) is 12.8 Å². The normalized spacial score (nSPS) is 14.4. The van der Waals surface area contributed by atoms with Crippen LogP contribution in [-0.2, 0) is 0 Å². The molecule has 0 saturated heterocycles. The Morgan fingerprint density at radius 3 is 2.78 bits per heavy atom. The second-order valence-electron chi connectivity index (χ2n) is 2.16. The Kier molecular flexibility index (Phi) is 4.20. The van der Waals surface area contributed by atoms with Gasteiger partial charge in [-0.3, -0.25) is 0 Å². The van der Waals surface area contributed by atoms with Crippen molar-refractivity contribution in [2.45, 2.75) is 32.6 Å². The Bertz CT molecular complexity index is 127. The molecule has 0 aliphatic heterocycles. The molecule has 0 aromatic heterocycles. The van der Waals surface area contributed by atoms with Crippen LogP contribution in [0.1, 0.15) is 35.3 Å². The average molecular weight is 193 g/mol. The highest BCUT2D eigenvalue weighted by Crippen LogP contribution is 2.08. The molecule has 0 bridgehead atoms. The van der Waals surface area contributed by atoms with Gasteiger partial charge in [0.15, 0.2) is 0 Å². The second kappa shape index (κ2) is 6.34. The molecule has 0 aromatic rings. The van der Waals surface area contributed by atoms with E-state index < -0.39 is 5.28 Å². The summed E-state index contributed by atoms with van der Waals surface area (Å²) in [6, 6.07) is 0. The highest BCUT2D eigenvalue weighted by Gasteiger charge is 1.89. The molecule has 0 atom stereocenters. The van der Waals surface area contributed by atoms with E-state index in [1.807, 2.05) is 0 Å². The summed E-state index contributed by atoms with van der Waals surface area (Å²) in [4.78, 5) is 0. The summed E-state index contributed by atoms with van der Waals surface area (Å²) in [5.74, 6) is 0. The molecule has 9 heavy (non-hydrogen) atoms. The van der Waals surface area contributed by atoms with Crippen LogP contribution in [0.4, 0.5) is 0 Å². The van der Waals surface area contributed by atoms with Gasteiger partial charge in [0.1, 0.15) is 0 Å². The molecule has 0 radical (unpaired) electrons. The SMILES string of the molecule is [2H]C([2H])(Br)C(=C)CCCCC. The molecule has 1 heteroatoms. The number of hydrogen-bond acceptors (Lipinski definition) is 0. The first kappa shape index (κ1) is 5.96. The molecule has 0 spiro atoms. The third-order valence-electron chi connectivity index (χ3n) is 1.22. The maximum atomic E-state index is 7.26. The Labute approximate surface area is 69.3 Å². The van der Waals surface area contributed by atoms with E-state index in [0.717, 1.165) is 19.3 Å². The molecule has 0 unspecified atom stereocenters. The molecular weight excluding hydrogens is 176 g/mol. The molecule has 0 rings (SSSR count). The fourth-order valence-corrected chi connectivity index (χ4v) is 0.834. The highest BCUT2D eigenvalue weighted by atomic mass is 79.9. The first-order chi connectivity index (χ1) is 4.98. The molecule has 0 saturated carbocycles. The van der Waals surface area contributed by atoms with Gasteiger partial charge < -0.3 is 0 Å². The summed E-state index contributed by atoms with van der Waals surface area (Å²) in [6.45, 7) is 5.81. The van der Waals surface area contributed by atoms with Crippen molar-refractivity contribution in [1.29, 1.82) is 0 Å². The standard InChI is InChI=1S/C8H15Br/c1-3-4-5-6-8(2)7-9/h2-7H2,1H3/i7D2. The zero-order chi connectivity index (χ0) is 8.91. The minimum Gasteiger partial charge on any atom is -0.0990 e. The van der Waals surface area contributed by atoms with Crippen molar-refractivity contribution >= 4 is 15.9 Å². The van der Waals surface area contributed by atoms with E-state index in [-0.39, 0.29) is 0 Å². The Balaban J connectivity index is 3.54. The number of halogens is 1. The average Bonchev–Trinajstić information content (AvgIpc) is 1.86. The van der Waals surface area contributed by atoms with Crippen LogP contribution < -0.4 is 0 Å². The van der Waals surface area contributed by atoms with Crippen molar-refractivity contribution in [3.05, 3.63) is 12.2 Å². The summed E-state index contributed by atoms with van der Waals surface area (Å²) in [6.07, 6.45) is 4.15. The van der Waals surface area contributed by atoms with Gasteiger partial charge >= 0.3 is 0 Å². The molecule has 0 aliphatic carbocycles. The predicted molar refractivity (Wildman–Crippen MR) is 47.1 cm³/mol. The van der Waals surface area contributed by atoms with Crippen molar-refractivity contribution in [3.8, 4) is 0 Å². The lowest BCUT2D eigenvalue weighted by Crippen LogP contribution is -1.81. The van der Waals surface area contributed by atoms with E-state index in [2.05, 4.69) is 29.4 Å².